The number of carboxylic acids is 1. The summed E-state index contributed by atoms with van der Waals surface area (Å²) in [5, 5.41) is 12.4. The van der Waals surface area contributed by atoms with Crippen LogP contribution in [-0.2, 0) is 11.2 Å². The molecule has 4 nitrogen and oxygen atoms in total. The number of aliphatic carboxylic acids is 1. The SMILES string of the molecule is CCC1CCC(Oc2ccc3cc(CCCN4C5CCC4CC(C(=O)O)C5)ccc3c2Cl)CC1. The zero-order valence-electron chi connectivity index (χ0n) is 20.3. The molecule has 2 bridgehead atoms. The number of benzene rings is 2. The molecule has 0 spiro atoms. The van der Waals surface area contributed by atoms with Gasteiger partial charge in [-0.3, -0.25) is 9.69 Å². The number of carboxylic acid groups (broad SMARTS) is 1. The van der Waals surface area contributed by atoms with Crippen LogP contribution >= 0.6 is 11.6 Å². The minimum atomic E-state index is -0.608. The van der Waals surface area contributed by atoms with Crippen LogP contribution in [0.3, 0.4) is 0 Å². The van der Waals surface area contributed by atoms with E-state index in [2.05, 4.69) is 36.1 Å². The van der Waals surface area contributed by atoms with Crippen LogP contribution < -0.4 is 4.74 Å². The number of aryl methyl sites for hydroxylation is 1. The van der Waals surface area contributed by atoms with E-state index in [1.54, 1.807) is 0 Å². The van der Waals surface area contributed by atoms with Crippen molar-refractivity contribution in [1.29, 1.82) is 0 Å². The Balaban J connectivity index is 1.17. The maximum absolute atomic E-state index is 11.4. The van der Waals surface area contributed by atoms with Crippen molar-refractivity contribution in [2.24, 2.45) is 11.8 Å². The second-order valence-electron chi connectivity index (χ2n) is 10.8. The first-order valence-electron chi connectivity index (χ1n) is 13.4. The molecule has 2 unspecified atom stereocenters. The summed E-state index contributed by atoms with van der Waals surface area (Å²) in [6.45, 7) is 3.35. The van der Waals surface area contributed by atoms with Gasteiger partial charge in [-0.15, -0.1) is 0 Å². The number of carbonyl (C=O) groups is 1. The van der Waals surface area contributed by atoms with Crippen molar-refractivity contribution in [1.82, 2.24) is 4.90 Å². The Hall–Kier alpha value is -1.78. The number of ether oxygens (including phenoxy) is 1. The van der Waals surface area contributed by atoms with Crippen molar-refractivity contribution in [2.75, 3.05) is 6.54 Å². The Labute approximate surface area is 208 Å². The van der Waals surface area contributed by atoms with Crippen LogP contribution in [0.5, 0.6) is 5.75 Å². The summed E-state index contributed by atoms with van der Waals surface area (Å²) < 4.78 is 6.32. The van der Waals surface area contributed by atoms with Crippen molar-refractivity contribution in [3.8, 4) is 5.75 Å². The van der Waals surface area contributed by atoms with Gasteiger partial charge in [0.05, 0.1) is 17.0 Å². The minimum Gasteiger partial charge on any atom is -0.489 e. The molecule has 34 heavy (non-hydrogen) atoms. The number of hydrogen-bond acceptors (Lipinski definition) is 3. The normalized spacial score (nSPS) is 29.4. The van der Waals surface area contributed by atoms with Gasteiger partial charge in [-0.25, -0.2) is 0 Å². The molecule has 2 atom stereocenters. The number of rotatable bonds is 8. The number of nitrogens with zero attached hydrogens (tertiary/aromatic N) is 1. The molecular formula is C29H38ClNO3. The van der Waals surface area contributed by atoms with Crippen LogP contribution in [-0.4, -0.2) is 40.7 Å². The van der Waals surface area contributed by atoms with Gasteiger partial charge in [-0.05, 0) is 93.7 Å². The van der Waals surface area contributed by atoms with Gasteiger partial charge in [0.2, 0.25) is 0 Å². The Kier molecular flexibility index (Phi) is 7.36. The second kappa shape index (κ2) is 10.5. The van der Waals surface area contributed by atoms with Crippen LogP contribution in [0.15, 0.2) is 30.3 Å². The molecule has 0 amide bonds. The van der Waals surface area contributed by atoms with Crippen LogP contribution in [0, 0.1) is 11.8 Å². The maximum Gasteiger partial charge on any atom is 0.306 e. The van der Waals surface area contributed by atoms with E-state index in [1.165, 1.54) is 30.2 Å². The molecule has 2 aromatic rings. The molecule has 2 aliphatic heterocycles. The first-order valence-corrected chi connectivity index (χ1v) is 13.8. The van der Waals surface area contributed by atoms with Crippen molar-refractivity contribution in [2.45, 2.75) is 95.7 Å². The highest BCUT2D eigenvalue weighted by Gasteiger charge is 2.42. The summed E-state index contributed by atoms with van der Waals surface area (Å²) in [5.41, 5.74) is 1.34. The van der Waals surface area contributed by atoms with Gasteiger partial charge in [-0.2, -0.15) is 0 Å². The predicted octanol–water partition coefficient (Wildman–Crippen LogP) is 7.10. The molecule has 0 radical (unpaired) electrons. The second-order valence-corrected chi connectivity index (χ2v) is 11.2. The lowest BCUT2D eigenvalue weighted by molar-refractivity contribution is -0.144. The van der Waals surface area contributed by atoms with E-state index in [4.69, 9.17) is 16.3 Å². The smallest absolute Gasteiger partial charge is 0.306 e. The van der Waals surface area contributed by atoms with Gasteiger partial charge in [-0.1, -0.05) is 49.2 Å². The Morgan fingerprint density at radius 3 is 2.47 bits per heavy atom. The van der Waals surface area contributed by atoms with Gasteiger partial charge >= 0.3 is 5.97 Å². The lowest BCUT2D eigenvalue weighted by atomic mass is 9.86. The number of halogens is 1. The molecule has 2 saturated heterocycles. The summed E-state index contributed by atoms with van der Waals surface area (Å²) >= 11 is 6.77. The fourth-order valence-corrected chi connectivity index (χ4v) is 6.99. The molecule has 3 fully saturated rings. The van der Waals surface area contributed by atoms with Crippen molar-refractivity contribution in [3.05, 3.63) is 40.9 Å². The van der Waals surface area contributed by atoms with Gasteiger partial charge < -0.3 is 9.84 Å². The third-order valence-corrected chi connectivity index (χ3v) is 9.15. The summed E-state index contributed by atoms with van der Waals surface area (Å²) in [6, 6.07) is 11.7. The highest BCUT2D eigenvalue weighted by Crippen LogP contribution is 2.39. The summed E-state index contributed by atoms with van der Waals surface area (Å²) in [4.78, 5) is 14.0. The van der Waals surface area contributed by atoms with E-state index in [1.807, 2.05) is 6.07 Å². The van der Waals surface area contributed by atoms with Gasteiger partial charge in [0.15, 0.2) is 0 Å². The average Bonchev–Trinajstić information content (AvgIpc) is 3.07. The van der Waals surface area contributed by atoms with Crippen molar-refractivity contribution >= 4 is 28.3 Å². The standard InChI is InChI=1S/C29H38ClNO3/c1-2-19-5-11-25(12-6-19)34-27-14-8-21-16-20(7-13-26(21)28(27)30)4-3-15-31-23-9-10-24(31)18-22(17-23)29(32)33/h7-8,13-14,16,19,22-25H,2-6,9-12,15,17-18H2,1H3,(H,32,33). The summed E-state index contributed by atoms with van der Waals surface area (Å²) in [6.07, 6.45) is 12.4. The monoisotopic (exact) mass is 483 g/mol. The van der Waals surface area contributed by atoms with Crippen LogP contribution in [0.25, 0.3) is 10.8 Å². The van der Waals surface area contributed by atoms with Gasteiger partial charge in [0, 0.05) is 17.5 Å². The zero-order valence-corrected chi connectivity index (χ0v) is 21.1. The molecule has 3 aliphatic rings. The molecular weight excluding hydrogens is 446 g/mol. The molecule has 2 heterocycles. The Morgan fingerprint density at radius 1 is 1.06 bits per heavy atom. The fraction of sp³-hybridized carbons (Fsp3) is 0.621. The molecule has 2 aromatic carbocycles. The Morgan fingerprint density at radius 2 is 1.79 bits per heavy atom. The van der Waals surface area contributed by atoms with Crippen molar-refractivity contribution in [3.63, 3.8) is 0 Å². The number of fused-ring (bicyclic) bond motifs is 3. The van der Waals surface area contributed by atoms with Gasteiger partial charge in [0.1, 0.15) is 5.75 Å². The first-order chi connectivity index (χ1) is 16.5. The summed E-state index contributed by atoms with van der Waals surface area (Å²) in [7, 11) is 0. The van der Waals surface area contributed by atoms with E-state index in [9.17, 15) is 9.90 Å². The zero-order chi connectivity index (χ0) is 23.7. The number of hydrogen-bond donors (Lipinski definition) is 1. The van der Waals surface area contributed by atoms with E-state index in [-0.39, 0.29) is 12.0 Å². The molecule has 1 aliphatic carbocycles. The largest absolute Gasteiger partial charge is 0.489 e. The van der Waals surface area contributed by atoms with E-state index < -0.39 is 5.97 Å². The van der Waals surface area contributed by atoms with Gasteiger partial charge in [0.25, 0.3) is 0 Å². The Bertz CT molecular complexity index is 1000. The summed E-state index contributed by atoms with van der Waals surface area (Å²) in [5.74, 6) is 0.933. The fourth-order valence-electron chi connectivity index (χ4n) is 6.71. The first kappa shape index (κ1) is 23.9. The molecule has 184 valence electrons. The quantitative estimate of drug-likeness (QED) is 0.435. The molecule has 0 aromatic heterocycles. The lowest BCUT2D eigenvalue weighted by Gasteiger charge is -2.37. The molecule has 1 saturated carbocycles. The third-order valence-electron chi connectivity index (χ3n) is 8.76. The highest BCUT2D eigenvalue weighted by atomic mass is 35.5. The predicted molar refractivity (Wildman–Crippen MR) is 138 cm³/mol. The van der Waals surface area contributed by atoms with Crippen LogP contribution in [0.4, 0.5) is 0 Å². The van der Waals surface area contributed by atoms with Crippen LogP contribution in [0.2, 0.25) is 5.02 Å². The minimum absolute atomic E-state index is 0.140. The molecule has 5 rings (SSSR count). The highest BCUT2D eigenvalue weighted by molar-refractivity contribution is 6.37. The lowest BCUT2D eigenvalue weighted by Crippen LogP contribution is -2.45. The van der Waals surface area contributed by atoms with E-state index >= 15 is 0 Å². The maximum atomic E-state index is 11.4. The molecule has 1 N–H and O–H groups in total. The van der Waals surface area contributed by atoms with E-state index in [0.29, 0.717) is 12.1 Å². The third kappa shape index (κ3) is 5.09. The van der Waals surface area contributed by atoms with E-state index in [0.717, 1.165) is 80.0 Å². The topological polar surface area (TPSA) is 49.8 Å². The van der Waals surface area contributed by atoms with Crippen LogP contribution in [0.1, 0.15) is 76.7 Å². The molecule has 5 heteroatoms. The number of piperidine rings is 1. The average molecular weight is 484 g/mol. The van der Waals surface area contributed by atoms with Crippen molar-refractivity contribution < 1.29 is 14.6 Å².